The maximum absolute atomic E-state index is 12.2. The van der Waals surface area contributed by atoms with Gasteiger partial charge in [0.1, 0.15) is 0 Å². The summed E-state index contributed by atoms with van der Waals surface area (Å²) in [6, 6.07) is 11.1. The molecule has 0 atom stereocenters. The van der Waals surface area contributed by atoms with E-state index in [0.29, 0.717) is 35.8 Å². The fourth-order valence-electron chi connectivity index (χ4n) is 2.77. The Bertz CT molecular complexity index is 1010. The molecule has 3 rings (SSSR count). The zero-order chi connectivity index (χ0) is 21.5. The van der Waals surface area contributed by atoms with Crippen molar-refractivity contribution in [2.24, 2.45) is 4.99 Å². The molecule has 2 aromatic carbocycles. The van der Waals surface area contributed by atoms with Crippen LogP contribution in [0.4, 0.5) is 5.69 Å². The summed E-state index contributed by atoms with van der Waals surface area (Å²) >= 11 is 0. The van der Waals surface area contributed by atoms with Gasteiger partial charge in [0.2, 0.25) is 5.90 Å². The summed E-state index contributed by atoms with van der Waals surface area (Å²) < 4.78 is 16.6. The largest absolute Gasteiger partial charge is 0.490 e. The Hall–Kier alpha value is -3.68. The van der Waals surface area contributed by atoms with Crippen LogP contribution >= 0.6 is 0 Å². The number of benzene rings is 2. The molecular weight excluding hydrogens is 388 g/mol. The monoisotopic (exact) mass is 410 g/mol. The molecule has 0 radical (unpaired) electrons. The molecule has 0 amide bonds. The van der Waals surface area contributed by atoms with Gasteiger partial charge in [-0.05, 0) is 43.2 Å². The van der Waals surface area contributed by atoms with Gasteiger partial charge in [-0.15, -0.1) is 0 Å². The summed E-state index contributed by atoms with van der Waals surface area (Å²) in [5, 5.41) is 11.0. The van der Waals surface area contributed by atoms with Crippen LogP contribution in [0.1, 0.15) is 37.8 Å². The van der Waals surface area contributed by atoms with Gasteiger partial charge < -0.3 is 14.2 Å². The van der Waals surface area contributed by atoms with Crippen LogP contribution in [0.2, 0.25) is 0 Å². The molecule has 0 spiro atoms. The molecule has 0 bridgehead atoms. The maximum Gasteiger partial charge on any atom is 0.363 e. The van der Waals surface area contributed by atoms with Crippen LogP contribution in [0, 0.1) is 10.1 Å². The molecule has 1 aliphatic heterocycles. The van der Waals surface area contributed by atoms with Crippen LogP contribution in [0.3, 0.4) is 0 Å². The highest BCUT2D eigenvalue weighted by Gasteiger charge is 2.25. The third kappa shape index (κ3) is 5.02. The van der Waals surface area contributed by atoms with Crippen LogP contribution in [-0.2, 0) is 9.53 Å². The summed E-state index contributed by atoms with van der Waals surface area (Å²) in [5.41, 5.74) is 1.04. The normalized spacial score (nSPS) is 14.4. The van der Waals surface area contributed by atoms with Gasteiger partial charge >= 0.3 is 5.97 Å². The van der Waals surface area contributed by atoms with E-state index in [9.17, 15) is 14.9 Å². The van der Waals surface area contributed by atoms with Crippen molar-refractivity contribution in [3.05, 3.63) is 69.4 Å². The van der Waals surface area contributed by atoms with Crippen molar-refractivity contribution < 1.29 is 23.9 Å². The van der Waals surface area contributed by atoms with E-state index in [1.165, 1.54) is 18.2 Å². The molecule has 0 aliphatic carbocycles. The molecule has 8 heteroatoms. The van der Waals surface area contributed by atoms with Crippen molar-refractivity contribution >= 4 is 23.6 Å². The Morgan fingerprint density at radius 3 is 2.70 bits per heavy atom. The van der Waals surface area contributed by atoms with Gasteiger partial charge in [-0.3, -0.25) is 10.1 Å². The Kier molecular flexibility index (Phi) is 6.79. The van der Waals surface area contributed by atoms with E-state index in [0.717, 1.165) is 12.8 Å². The summed E-state index contributed by atoms with van der Waals surface area (Å²) in [5.74, 6) is 0.622. The van der Waals surface area contributed by atoms with E-state index in [1.54, 1.807) is 30.3 Å². The molecular formula is C22H22N2O6. The van der Waals surface area contributed by atoms with E-state index in [4.69, 9.17) is 14.2 Å². The molecule has 8 nitrogen and oxygen atoms in total. The number of nitro groups is 1. The average molecular weight is 410 g/mol. The number of esters is 1. The predicted octanol–water partition coefficient (Wildman–Crippen LogP) is 4.52. The van der Waals surface area contributed by atoms with Crippen LogP contribution in [0.5, 0.6) is 11.5 Å². The first kappa shape index (κ1) is 21.0. The van der Waals surface area contributed by atoms with Crippen molar-refractivity contribution in [3.8, 4) is 11.5 Å². The summed E-state index contributed by atoms with van der Waals surface area (Å²) in [4.78, 5) is 26.9. The molecule has 1 heterocycles. The third-order valence-corrected chi connectivity index (χ3v) is 4.25. The number of non-ortho nitro benzene ring substituents is 1. The maximum atomic E-state index is 12.2. The Labute approximate surface area is 173 Å². The average Bonchev–Trinajstić information content (AvgIpc) is 3.10. The minimum absolute atomic E-state index is 0.0273. The molecule has 0 saturated carbocycles. The number of cyclic esters (lactones) is 1. The molecule has 156 valence electrons. The minimum atomic E-state index is -0.627. The smallest absolute Gasteiger partial charge is 0.363 e. The SMILES string of the molecule is CCCCOc1ccc(/C=C2\N=C(c3cccc([N+](=O)[O-])c3)OC2=O)cc1OCC. The van der Waals surface area contributed by atoms with Gasteiger partial charge in [0.25, 0.3) is 5.69 Å². The van der Waals surface area contributed by atoms with Crippen molar-refractivity contribution in [1.82, 2.24) is 0 Å². The van der Waals surface area contributed by atoms with Crippen LogP contribution in [0.25, 0.3) is 6.08 Å². The number of aliphatic imine (C=N–C) groups is 1. The first-order valence-corrected chi connectivity index (χ1v) is 9.68. The number of unbranched alkanes of at least 4 members (excludes halogenated alkanes) is 1. The second kappa shape index (κ2) is 9.69. The van der Waals surface area contributed by atoms with Crippen LogP contribution in [-0.4, -0.2) is 30.0 Å². The van der Waals surface area contributed by atoms with Gasteiger partial charge in [-0.1, -0.05) is 25.5 Å². The molecule has 1 aliphatic rings. The Morgan fingerprint density at radius 2 is 1.97 bits per heavy atom. The van der Waals surface area contributed by atoms with Crippen molar-refractivity contribution in [1.29, 1.82) is 0 Å². The fraction of sp³-hybridized carbons (Fsp3) is 0.273. The Morgan fingerprint density at radius 1 is 1.13 bits per heavy atom. The van der Waals surface area contributed by atoms with Gasteiger partial charge in [0.05, 0.1) is 18.1 Å². The lowest BCUT2D eigenvalue weighted by atomic mass is 10.1. The Balaban J connectivity index is 1.86. The first-order chi connectivity index (χ1) is 14.5. The number of nitrogens with zero attached hydrogens (tertiary/aromatic N) is 2. The highest BCUT2D eigenvalue weighted by molar-refractivity contribution is 6.13. The number of hydrogen-bond acceptors (Lipinski definition) is 7. The van der Waals surface area contributed by atoms with Crippen molar-refractivity contribution in [3.63, 3.8) is 0 Å². The van der Waals surface area contributed by atoms with Crippen LogP contribution < -0.4 is 9.47 Å². The highest BCUT2D eigenvalue weighted by Crippen LogP contribution is 2.30. The third-order valence-electron chi connectivity index (χ3n) is 4.25. The van der Waals surface area contributed by atoms with Gasteiger partial charge in [-0.25, -0.2) is 9.79 Å². The van der Waals surface area contributed by atoms with E-state index in [1.807, 2.05) is 6.92 Å². The van der Waals surface area contributed by atoms with E-state index < -0.39 is 10.9 Å². The van der Waals surface area contributed by atoms with E-state index in [2.05, 4.69) is 11.9 Å². The predicted molar refractivity (Wildman–Crippen MR) is 112 cm³/mol. The zero-order valence-corrected chi connectivity index (χ0v) is 16.8. The highest BCUT2D eigenvalue weighted by atomic mass is 16.6. The zero-order valence-electron chi connectivity index (χ0n) is 16.8. The first-order valence-electron chi connectivity index (χ1n) is 9.68. The second-order valence-corrected chi connectivity index (χ2v) is 6.48. The number of rotatable bonds is 9. The number of ether oxygens (including phenoxy) is 3. The molecule has 0 aromatic heterocycles. The standard InChI is InChI=1S/C22H22N2O6/c1-3-5-11-29-19-10-9-15(13-20(19)28-4-2)12-18-22(25)30-21(23-18)16-7-6-8-17(14-16)24(26)27/h6-10,12-14H,3-5,11H2,1-2H3/b18-12-. The molecule has 30 heavy (non-hydrogen) atoms. The van der Waals surface area contributed by atoms with Crippen LogP contribution in [0.15, 0.2) is 53.2 Å². The second-order valence-electron chi connectivity index (χ2n) is 6.48. The van der Waals surface area contributed by atoms with Gasteiger partial charge in [0, 0.05) is 17.7 Å². The van der Waals surface area contributed by atoms with Gasteiger partial charge in [0.15, 0.2) is 17.2 Å². The number of carbonyl (C=O) groups is 1. The topological polar surface area (TPSA) is 100 Å². The van der Waals surface area contributed by atoms with E-state index in [-0.39, 0.29) is 17.3 Å². The number of carbonyl (C=O) groups excluding carboxylic acids is 1. The minimum Gasteiger partial charge on any atom is -0.490 e. The quantitative estimate of drug-likeness (QED) is 0.198. The number of hydrogen-bond donors (Lipinski definition) is 0. The van der Waals surface area contributed by atoms with E-state index >= 15 is 0 Å². The number of nitro benzene ring substituents is 1. The molecule has 2 aromatic rings. The molecule has 0 N–H and O–H groups in total. The van der Waals surface area contributed by atoms with Crippen molar-refractivity contribution in [2.45, 2.75) is 26.7 Å². The fourth-order valence-corrected chi connectivity index (χ4v) is 2.77. The van der Waals surface area contributed by atoms with Gasteiger partial charge in [-0.2, -0.15) is 0 Å². The molecule has 0 fully saturated rings. The summed E-state index contributed by atoms with van der Waals surface area (Å²) in [7, 11) is 0. The summed E-state index contributed by atoms with van der Waals surface area (Å²) in [6.07, 6.45) is 3.55. The van der Waals surface area contributed by atoms with Crippen molar-refractivity contribution in [2.75, 3.05) is 13.2 Å². The molecule has 0 saturated heterocycles. The lowest BCUT2D eigenvalue weighted by Gasteiger charge is -2.12. The summed E-state index contributed by atoms with van der Waals surface area (Å²) in [6.45, 7) is 5.04. The lowest BCUT2D eigenvalue weighted by Crippen LogP contribution is -2.05. The molecule has 0 unspecified atom stereocenters. The lowest BCUT2D eigenvalue weighted by molar-refractivity contribution is -0.384.